The number of benzene rings is 3. The number of anilines is 1. The van der Waals surface area contributed by atoms with Crippen LogP contribution in [0, 0.1) is 6.92 Å². The van der Waals surface area contributed by atoms with Gasteiger partial charge in [-0.05, 0) is 48.9 Å². The van der Waals surface area contributed by atoms with Crippen molar-refractivity contribution in [2.75, 3.05) is 5.09 Å². The third-order valence-corrected chi connectivity index (χ3v) is 5.43. The molecule has 134 valence electrons. The lowest BCUT2D eigenvalue weighted by Gasteiger charge is -2.22. The van der Waals surface area contributed by atoms with Gasteiger partial charge in [-0.15, -0.1) is 0 Å². The zero-order chi connectivity index (χ0) is 18.6. The number of nitrogens with one attached hydrogen (secondary N) is 1. The van der Waals surface area contributed by atoms with E-state index in [0.717, 1.165) is 5.56 Å². The van der Waals surface area contributed by atoms with Gasteiger partial charge in [-0.1, -0.05) is 59.6 Å². The van der Waals surface area contributed by atoms with E-state index in [-0.39, 0.29) is 11.5 Å². The normalized spacial score (nSPS) is 11.0. The molecule has 3 aromatic carbocycles. The molecule has 4 nitrogen and oxygen atoms in total. The molecular weight excluding hydrogens is 392 g/mol. The Morgan fingerprint density at radius 3 is 1.85 bits per heavy atom. The van der Waals surface area contributed by atoms with Crippen LogP contribution in [0.15, 0.2) is 72.8 Å². The van der Waals surface area contributed by atoms with Gasteiger partial charge in [0.05, 0.1) is 10.0 Å². The maximum Gasteiger partial charge on any atom is 0.541 e. The molecule has 0 saturated heterocycles. The standard InChI is InChI=1S/C19H16Cl2NO3P/c1-14-7-6-8-15(13-14)22-26(23,24-18-11-4-2-9-16(18)20)25-19-12-5-3-10-17(19)21/h2-13H,1H3,(H,22,23). The van der Waals surface area contributed by atoms with Gasteiger partial charge in [0, 0.05) is 5.69 Å². The minimum atomic E-state index is -3.88. The van der Waals surface area contributed by atoms with Crippen LogP contribution in [0.1, 0.15) is 5.56 Å². The lowest BCUT2D eigenvalue weighted by molar-refractivity contribution is 0.393. The van der Waals surface area contributed by atoms with Crippen molar-refractivity contribution in [2.45, 2.75) is 6.92 Å². The van der Waals surface area contributed by atoms with Crippen molar-refractivity contribution in [3.63, 3.8) is 0 Å². The van der Waals surface area contributed by atoms with E-state index in [1.165, 1.54) is 0 Å². The molecule has 1 N–H and O–H groups in total. The Bertz CT molecular complexity index is 913. The largest absolute Gasteiger partial charge is 0.541 e. The third-order valence-electron chi connectivity index (χ3n) is 3.39. The number of para-hydroxylation sites is 2. The fraction of sp³-hybridized carbons (Fsp3) is 0.0526. The van der Waals surface area contributed by atoms with Crippen molar-refractivity contribution in [3.8, 4) is 11.5 Å². The van der Waals surface area contributed by atoms with E-state index < -0.39 is 7.75 Å². The highest BCUT2D eigenvalue weighted by molar-refractivity contribution is 7.56. The van der Waals surface area contributed by atoms with Crippen LogP contribution >= 0.6 is 30.9 Å². The first-order chi connectivity index (χ1) is 12.5. The van der Waals surface area contributed by atoms with Gasteiger partial charge in [0.25, 0.3) is 0 Å². The fourth-order valence-corrected chi connectivity index (χ4v) is 4.11. The van der Waals surface area contributed by atoms with Crippen molar-refractivity contribution in [2.24, 2.45) is 0 Å². The van der Waals surface area contributed by atoms with E-state index >= 15 is 0 Å². The van der Waals surface area contributed by atoms with E-state index in [2.05, 4.69) is 5.09 Å². The summed E-state index contributed by atoms with van der Waals surface area (Å²) in [5.74, 6) is 0.481. The van der Waals surface area contributed by atoms with Crippen molar-refractivity contribution in [1.29, 1.82) is 0 Å². The minimum absolute atomic E-state index is 0.240. The first-order valence-electron chi connectivity index (χ1n) is 7.78. The highest BCUT2D eigenvalue weighted by atomic mass is 35.5. The molecule has 0 radical (unpaired) electrons. The molecule has 0 fully saturated rings. The Kier molecular flexibility index (Phi) is 5.77. The summed E-state index contributed by atoms with van der Waals surface area (Å²) in [4.78, 5) is 0. The Hall–Kier alpha value is -2.13. The molecule has 0 aliphatic heterocycles. The summed E-state index contributed by atoms with van der Waals surface area (Å²) in [7, 11) is -3.88. The van der Waals surface area contributed by atoms with Crippen LogP contribution in [0.3, 0.4) is 0 Å². The molecule has 0 saturated carbocycles. The van der Waals surface area contributed by atoms with Crippen LogP contribution in [0.4, 0.5) is 5.69 Å². The second kappa shape index (κ2) is 8.05. The Morgan fingerprint density at radius 2 is 1.35 bits per heavy atom. The number of aryl methyl sites for hydroxylation is 1. The Morgan fingerprint density at radius 1 is 0.808 bits per heavy atom. The summed E-state index contributed by atoms with van der Waals surface area (Å²) >= 11 is 12.3. The van der Waals surface area contributed by atoms with Gasteiger partial charge in [-0.25, -0.2) is 4.57 Å². The molecule has 0 aliphatic rings. The number of halogens is 2. The van der Waals surface area contributed by atoms with E-state index in [9.17, 15) is 4.57 Å². The van der Waals surface area contributed by atoms with Crippen molar-refractivity contribution in [1.82, 2.24) is 0 Å². The van der Waals surface area contributed by atoms with Gasteiger partial charge < -0.3 is 9.05 Å². The monoisotopic (exact) mass is 407 g/mol. The Balaban J connectivity index is 1.96. The molecule has 0 bridgehead atoms. The fourth-order valence-electron chi connectivity index (χ4n) is 2.23. The lowest BCUT2D eigenvalue weighted by Crippen LogP contribution is -2.10. The smallest absolute Gasteiger partial charge is 0.399 e. The zero-order valence-electron chi connectivity index (χ0n) is 13.9. The Labute approximate surface area is 162 Å². The molecule has 0 unspecified atom stereocenters. The highest BCUT2D eigenvalue weighted by Crippen LogP contribution is 2.50. The van der Waals surface area contributed by atoms with Gasteiger partial charge in [-0.3, -0.25) is 5.09 Å². The molecule has 26 heavy (non-hydrogen) atoms. The predicted molar refractivity (Wildman–Crippen MR) is 107 cm³/mol. The number of rotatable bonds is 6. The van der Waals surface area contributed by atoms with Crippen molar-refractivity contribution < 1.29 is 13.6 Å². The average molecular weight is 408 g/mol. The van der Waals surface area contributed by atoms with Gasteiger partial charge in [0.1, 0.15) is 0 Å². The minimum Gasteiger partial charge on any atom is -0.399 e. The first-order valence-corrected chi connectivity index (χ1v) is 10.1. The van der Waals surface area contributed by atoms with E-state index in [1.807, 2.05) is 25.1 Å². The predicted octanol–water partition coefficient (Wildman–Crippen LogP) is 6.98. The van der Waals surface area contributed by atoms with Crippen LogP contribution in [-0.4, -0.2) is 0 Å². The van der Waals surface area contributed by atoms with Gasteiger partial charge in [0.2, 0.25) is 0 Å². The van der Waals surface area contributed by atoms with Crippen LogP contribution in [-0.2, 0) is 4.57 Å². The quantitative estimate of drug-likeness (QED) is 0.447. The van der Waals surface area contributed by atoms with Crippen LogP contribution in [0.25, 0.3) is 0 Å². The van der Waals surface area contributed by atoms with Crippen LogP contribution in [0.5, 0.6) is 11.5 Å². The summed E-state index contributed by atoms with van der Waals surface area (Å²) in [6.45, 7) is 1.93. The summed E-state index contributed by atoms with van der Waals surface area (Å²) in [5, 5.41) is 3.48. The van der Waals surface area contributed by atoms with E-state index in [4.69, 9.17) is 32.2 Å². The molecule has 0 amide bonds. The maximum atomic E-state index is 13.5. The summed E-state index contributed by atoms with van der Waals surface area (Å²) in [6.07, 6.45) is 0. The molecule has 3 aromatic rings. The van der Waals surface area contributed by atoms with Gasteiger partial charge >= 0.3 is 7.75 Å². The topological polar surface area (TPSA) is 47.6 Å². The zero-order valence-corrected chi connectivity index (χ0v) is 16.3. The van der Waals surface area contributed by atoms with Crippen molar-refractivity contribution in [3.05, 3.63) is 88.4 Å². The van der Waals surface area contributed by atoms with Gasteiger partial charge in [0.15, 0.2) is 11.5 Å². The van der Waals surface area contributed by atoms with Gasteiger partial charge in [-0.2, -0.15) is 0 Å². The molecule has 0 aliphatic carbocycles. The highest BCUT2D eigenvalue weighted by Gasteiger charge is 2.30. The second-order valence-electron chi connectivity index (χ2n) is 5.52. The molecule has 0 aromatic heterocycles. The second-order valence-corrected chi connectivity index (χ2v) is 7.92. The van der Waals surface area contributed by atoms with E-state index in [0.29, 0.717) is 15.7 Å². The molecule has 0 heterocycles. The average Bonchev–Trinajstić information content (AvgIpc) is 2.59. The molecule has 7 heteroatoms. The number of hydrogen-bond donors (Lipinski definition) is 1. The lowest BCUT2D eigenvalue weighted by atomic mass is 10.2. The molecule has 0 spiro atoms. The maximum absolute atomic E-state index is 13.5. The SMILES string of the molecule is Cc1cccc(NP(=O)(Oc2ccccc2Cl)Oc2ccccc2Cl)c1. The molecule has 3 rings (SSSR count). The van der Waals surface area contributed by atoms with Crippen LogP contribution in [0.2, 0.25) is 10.0 Å². The summed E-state index contributed by atoms with van der Waals surface area (Å²) in [6, 6.07) is 20.9. The van der Waals surface area contributed by atoms with Crippen LogP contribution < -0.4 is 14.1 Å². The first kappa shape index (κ1) is 18.7. The summed E-state index contributed by atoms with van der Waals surface area (Å²) in [5.41, 5.74) is 1.59. The summed E-state index contributed by atoms with van der Waals surface area (Å²) < 4.78 is 24.8. The molecule has 0 atom stereocenters. The van der Waals surface area contributed by atoms with E-state index in [1.54, 1.807) is 54.6 Å². The number of hydrogen-bond acceptors (Lipinski definition) is 3. The van der Waals surface area contributed by atoms with Crippen molar-refractivity contribution >= 4 is 36.6 Å². The third kappa shape index (κ3) is 4.73. The molecular formula is C19H16Cl2NO3P.